The van der Waals surface area contributed by atoms with Gasteiger partial charge in [0.1, 0.15) is 0 Å². The van der Waals surface area contributed by atoms with E-state index in [1.165, 1.54) is 0 Å². The highest BCUT2D eigenvalue weighted by Crippen LogP contribution is 2.18. The van der Waals surface area contributed by atoms with Crippen LogP contribution in [0.5, 0.6) is 5.88 Å². The average Bonchev–Trinajstić information content (AvgIpc) is 2.65. The van der Waals surface area contributed by atoms with Gasteiger partial charge in [-0.25, -0.2) is 4.68 Å². The predicted octanol–water partition coefficient (Wildman–Crippen LogP) is 1.17. The van der Waals surface area contributed by atoms with Gasteiger partial charge in [0.25, 0.3) is 0 Å². The third kappa shape index (κ3) is 1.76. The van der Waals surface area contributed by atoms with Crippen LogP contribution in [0.3, 0.4) is 0 Å². The number of nitrogens with zero attached hydrogens (tertiary/aromatic N) is 3. The number of pyridine rings is 1. The molecule has 0 aromatic carbocycles. The minimum Gasteiger partial charge on any atom is -0.481 e. The number of aromatic nitrogens is 3. The highest BCUT2D eigenvalue weighted by Gasteiger charge is 2.06. The Morgan fingerprint density at radius 3 is 2.80 bits per heavy atom. The van der Waals surface area contributed by atoms with E-state index in [1.807, 2.05) is 13.1 Å². The van der Waals surface area contributed by atoms with Crippen LogP contribution >= 0.6 is 0 Å². The lowest BCUT2D eigenvalue weighted by molar-refractivity contribution is 0.397. The lowest BCUT2D eigenvalue weighted by Crippen LogP contribution is -2.04. The zero-order valence-corrected chi connectivity index (χ0v) is 8.64. The minimum atomic E-state index is 0.521. The van der Waals surface area contributed by atoms with Gasteiger partial charge in [0.15, 0.2) is 5.82 Å². The van der Waals surface area contributed by atoms with Crippen LogP contribution in [0.25, 0.3) is 5.82 Å². The maximum atomic E-state index is 5.81. The Hall–Kier alpha value is -2.04. The van der Waals surface area contributed by atoms with E-state index >= 15 is 0 Å². The van der Waals surface area contributed by atoms with E-state index in [4.69, 9.17) is 10.5 Å². The van der Waals surface area contributed by atoms with Crippen LogP contribution in [0.2, 0.25) is 0 Å². The fourth-order valence-corrected chi connectivity index (χ4v) is 1.27. The van der Waals surface area contributed by atoms with Gasteiger partial charge in [0, 0.05) is 12.3 Å². The van der Waals surface area contributed by atoms with E-state index in [0.717, 1.165) is 5.56 Å². The molecule has 0 amide bonds. The van der Waals surface area contributed by atoms with Crippen LogP contribution in [0.15, 0.2) is 24.5 Å². The summed E-state index contributed by atoms with van der Waals surface area (Å²) in [5.74, 6) is 1.11. The molecule has 2 aromatic rings. The van der Waals surface area contributed by atoms with Crippen molar-refractivity contribution in [2.75, 3.05) is 12.8 Å². The van der Waals surface area contributed by atoms with Gasteiger partial charge in [0.05, 0.1) is 19.0 Å². The SMILES string of the molecule is COc1ccc(N)c(-n2cc(C)cn2)n1. The standard InChI is InChI=1S/C10H12N4O/c1-7-5-12-14(6-7)10-8(11)3-4-9(13-10)15-2/h3-6H,11H2,1-2H3. The number of methoxy groups -OCH3 is 1. The number of aryl methyl sites for hydroxylation is 1. The Morgan fingerprint density at radius 1 is 1.40 bits per heavy atom. The van der Waals surface area contributed by atoms with Gasteiger partial charge in [-0.1, -0.05) is 0 Å². The van der Waals surface area contributed by atoms with E-state index in [9.17, 15) is 0 Å². The van der Waals surface area contributed by atoms with Crippen LogP contribution in [-0.2, 0) is 0 Å². The van der Waals surface area contributed by atoms with Gasteiger partial charge in [-0.3, -0.25) is 0 Å². The molecule has 0 aliphatic carbocycles. The van der Waals surface area contributed by atoms with Crippen molar-refractivity contribution in [3.63, 3.8) is 0 Å². The summed E-state index contributed by atoms with van der Waals surface area (Å²) < 4.78 is 6.66. The molecule has 0 spiro atoms. The molecule has 15 heavy (non-hydrogen) atoms. The average molecular weight is 204 g/mol. The molecule has 0 fully saturated rings. The minimum absolute atomic E-state index is 0.521. The van der Waals surface area contributed by atoms with Crippen molar-refractivity contribution < 1.29 is 4.74 Å². The predicted molar refractivity (Wildman–Crippen MR) is 57.1 cm³/mol. The summed E-state index contributed by atoms with van der Waals surface area (Å²) in [6.07, 6.45) is 3.61. The Labute approximate surface area is 87.5 Å². The van der Waals surface area contributed by atoms with Gasteiger partial charge < -0.3 is 10.5 Å². The first kappa shape index (κ1) is 9.51. The van der Waals surface area contributed by atoms with E-state index < -0.39 is 0 Å². The zero-order valence-electron chi connectivity index (χ0n) is 8.64. The summed E-state index contributed by atoms with van der Waals surface area (Å²) in [5, 5.41) is 4.14. The number of hydrogen-bond acceptors (Lipinski definition) is 4. The molecule has 2 rings (SSSR count). The zero-order chi connectivity index (χ0) is 10.8. The van der Waals surface area contributed by atoms with Crippen molar-refractivity contribution >= 4 is 5.69 Å². The summed E-state index contributed by atoms with van der Waals surface area (Å²) in [6.45, 7) is 1.96. The first-order chi connectivity index (χ1) is 7.20. The Kier molecular flexibility index (Phi) is 2.29. The van der Waals surface area contributed by atoms with E-state index in [1.54, 1.807) is 30.1 Å². The fraction of sp³-hybridized carbons (Fsp3) is 0.200. The van der Waals surface area contributed by atoms with Gasteiger partial charge in [-0.15, -0.1) is 0 Å². The Morgan fingerprint density at radius 2 is 2.20 bits per heavy atom. The van der Waals surface area contributed by atoms with E-state index in [2.05, 4.69) is 10.1 Å². The molecule has 0 aliphatic heterocycles. The second-order valence-corrected chi connectivity index (χ2v) is 3.23. The fourth-order valence-electron chi connectivity index (χ4n) is 1.27. The number of ether oxygens (including phenoxy) is 1. The third-order valence-electron chi connectivity index (χ3n) is 2.02. The monoisotopic (exact) mass is 204 g/mol. The number of anilines is 1. The molecule has 2 aromatic heterocycles. The molecule has 0 unspecified atom stereocenters. The van der Waals surface area contributed by atoms with Crippen molar-refractivity contribution in [2.45, 2.75) is 6.92 Å². The maximum Gasteiger partial charge on any atom is 0.215 e. The van der Waals surface area contributed by atoms with Crippen LogP contribution < -0.4 is 10.5 Å². The van der Waals surface area contributed by atoms with Gasteiger partial charge in [-0.2, -0.15) is 10.1 Å². The summed E-state index contributed by atoms with van der Waals surface area (Å²) in [4.78, 5) is 4.23. The van der Waals surface area contributed by atoms with Crippen LogP contribution in [0.1, 0.15) is 5.56 Å². The Balaban J connectivity index is 2.51. The maximum absolute atomic E-state index is 5.81. The summed E-state index contributed by atoms with van der Waals surface area (Å²) in [5.41, 5.74) is 7.43. The topological polar surface area (TPSA) is 66.0 Å². The number of rotatable bonds is 2. The molecular weight excluding hydrogens is 192 g/mol. The van der Waals surface area contributed by atoms with Gasteiger partial charge in [-0.05, 0) is 18.6 Å². The van der Waals surface area contributed by atoms with Crippen molar-refractivity contribution in [2.24, 2.45) is 0 Å². The third-order valence-corrected chi connectivity index (χ3v) is 2.02. The molecule has 2 heterocycles. The second-order valence-electron chi connectivity index (χ2n) is 3.23. The van der Waals surface area contributed by atoms with Crippen molar-refractivity contribution in [3.05, 3.63) is 30.1 Å². The van der Waals surface area contributed by atoms with Gasteiger partial charge >= 0.3 is 0 Å². The summed E-state index contributed by atoms with van der Waals surface area (Å²) in [6, 6.07) is 3.47. The van der Waals surface area contributed by atoms with Crippen LogP contribution in [-0.4, -0.2) is 21.9 Å². The quantitative estimate of drug-likeness (QED) is 0.797. The lowest BCUT2D eigenvalue weighted by atomic mass is 10.4. The molecule has 0 saturated carbocycles. The molecule has 2 N–H and O–H groups in total. The molecule has 5 heteroatoms. The molecule has 0 radical (unpaired) electrons. The molecule has 0 aliphatic rings. The van der Waals surface area contributed by atoms with E-state index in [0.29, 0.717) is 17.4 Å². The lowest BCUT2D eigenvalue weighted by Gasteiger charge is -2.06. The number of hydrogen-bond donors (Lipinski definition) is 1. The highest BCUT2D eigenvalue weighted by atomic mass is 16.5. The normalized spacial score (nSPS) is 10.3. The van der Waals surface area contributed by atoms with Crippen LogP contribution in [0.4, 0.5) is 5.69 Å². The van der Waals surface area contributed by atoms with Crippen LogP contribution in [0, 0.1) is 6.92 Å². The molecule has 0 bridgehead atoms. The van der Waals surface area contributed by atoms with E-state index in [-0.39, 0.29) is 0 Å². The highest BCUT2D eigenvalue weighted by molar-refractivity contribution is 5.53. The first-order valence-electron chi connectivity index (χ1n) is 4.53. The largest absolute Gasteiger partial charge is 0.481 e. The van der Waals surface area contributed by atoms with Crippen molar-refractivity contribution in [1.82, 2.24) is 14.8 Å². The smallest absolute Gasteiger partial charge is 0.215 e. The summed E-state index contributed by atoms with van der Waals surface area (Å²) in [7, 11) is 1.57. The molecule has 5 nitrogen and oxygen atoms in total. The molecular formula is C10H12N4O. The van der Waals surface area contributed by atoms with Gasteiger partial charge in [0.2, 0.25) is 5.88 Å². The summed E-state index contributed by atoms with van der Waals surface area (Å²) >= 11 is 0. The number of nitrogen functional groups attached to an aromatic ring is 1. The first-order valence-corrected chi connectivity index (χ1v) is 4.53. The number of nitrogens with two attached hydrogens (primary N) is 1. The molecule has 0 atom stereocenters. The van der Waals surface area contributed by atoms with Crippen molar-refractivity contribution in [1.29, 1.82) is 0 Å². The molecule has 78 valence electrons. The van der Waals surface area contributed by atoms with Crippen molar-refractivity contribution in [3.8, 4) is 11.7 Å². The molecule has 0 saturated heterocycles. The Bertz CT molecular complexity index is 478. The second kappa shape index (κ2) is 3.61.